The third-order valence-electron chi connectivity index (χ3n) is 3.42. The van der Waals surface area contributed by atoms with Crippen molar-refractivity contribution in [2.24, 2.45) is 0 Å². The molecule has 0 fully saturated rings. The highest BCUT2D eigenvalue weighted by Gasteiger charge is 2.14. The Bertz CT molecular complexity index is 688. The van der Waals surface area contributed by atoms with E-state index < -0.39 is 0 Å². The molecule has 1 heterocycles. The molecule has 3 heteroatoms. The van der Waals surface area contributed by atoms with Gasteiger partial charge < -0.3 is 0 Å². The van der Waals surface area contributed by atoms with Crippen LogP contribution in [0.1, 0.15) is 23.5 Å². The van der Waals surface area contributed by atoms with Gasteiger partial charge in [-0.05, 0) is 29.7 Å². The average Bonchev–Trinajstić information content (AvgIpc) is 2.90. The molecule has 0 amide bonds. The first-order chi connectivity index (χ1) is 9.29. The van der Waals surface area contributed by atoms with Crippen molar-refractivity contribution in [1.82, 2.24) is 10.2 Å². The average molecular weight is 270 g/mol. The van der Waals surface area contributed by atoms with E-state index in [1.54, 1.807) is 6.20 Å². The van der Waals surface area contributed by atoms with Gasteiger partial charge in [0.05, 0.1) is 16.7 Å². The number of fused-ring (bicyclic) bond motifs is 1. The fraction of sp³-hybridized carbons (Fsp3) is 0.125. The fourth-order valence-electron chi connectivity index (χ4n) is 2.45. The van der Waals surface area contributed by atoms with Gasteiger partial charge in [-0.25, -0.2) is 0 Å². The molecule has 0 aliphatic rings. The maximum atomic E-state index is 6.30. The van der Waals surface area contributed by atoms with E-state index in [-0.39, 0.29) is 5.92 Å². The van der Waals surface area contributed by atoms with Crippen molar-refractivity contribution in [2.75, 3.05) is 0 Å². The summed E-state index contributed by atoms with van der Waals surface area (Å²) < 4.78 is 0. The van der Waals surface area contributed by atoms with E-state index in [0.717, 1.165) is 17.3 Å². The van der Waals surface area contributed by atoms with Gasteiger partial charge in [0.15, 0.2) is 0 Å². The Morgan fingerprint density at radius 3 is 2.68 bits per heavy atom. The van der Waals surface area contributed by atoms with Crippen molar-refractivity contribution in [3.63, 3.8) is 0 Å². The molecule has 1 atom stereocenters. The van der Waals surface area contributed by atoms with Crippen LogP contribution in [0.5, 0.6) is 0 Å². The molecular formula is C16H14ClN2. The number of benzene rings is 2. The number of H-pyrrole nitrogens is 1. The molecule has 0 bridgehead atoms. The number of hydrogen-bond donors (Lipinski definition) is 1. The lowest BCUT2D eigenvalue weighted by atomic mass is 9.89. The van der Waals surface area contributed by atoms with Gasteiger partial charge in [-0.1, -0.05) is 48.9 Å². The molecule has 1 N–H and O–H groups in total. The first kappa shape index (κ1) is 12.2. The van der Waals surface area contributed by atoms with E-state index in [1.807, 2.05) is 12.1 Å². The highest BCUT2D eigenvalue weighted by molar-refractivity contribution is 6.35. The summed E-state index contributed by atoms with van der Waals surface area (Å²) in [6.45, 7) is 4.07. The lowest BCUT2D eigenvalue weighted by molar-refractivity contribution is 0.829. The van der Waals surface area contributed by atoms with Gasteiger partial charge in [-0.3, -0.25) is 5.10 Å². The summed E-state index contributed by atoms with van der Waals surface area (Å²) in [7, 11) is 0. The topological polar surface area (TPSA) is 28.7 Å². The molecule has 0 aliphatic carbocycles. The van der Waals surface area contributed by atoms with Crippen molar-refractivity contribution in [2.45, 2.75) is 12.3 Å². The summed E-state index contributed by atoms with van der Waals surface area (Å²) in [4.78, 5) is 0. The zero-order chi connectivity index (χ0) is 13.2. The third-order valence-corrected chi connectivity index (χ3v) is 3.71. The smallest absolute Gasteiger partial charge is 0.0836 e. The standard InChI is InChI=1S/C16H14ClN2/c1-2-14(11-6-4-3-5-7-11)12-8-13-10-18-19-16(13)15(17)9-12/h3-10,14H,1-2H2,(H,18,19)/t14-/m1/s1. The monoisotopic (exact) mass is 269 g/mol. The van der Waals surface area contributed by atoms with Gasteiger partial charge in [-0.15, -0.1) is 0 Å². The number of aromatic nitrogens is 2. The van der Waals surface area contributed by atoms with Gasteiger partial charge in [0, 0.05) is 11.3 Å². The zero-order valence-electron chi connectivity index (χ0n) is 10.4. The molecular weight excluding hydrogens is 256 g/mol. The summed E-state index contributed by atoms with van der Waals surface area (Å²) in [5.41, 5.74) is 3.33. The van der Waals surface area contributed by atoms with E-state index in [0.29, 0.717) is 5.02 Å². The minimum atomic E-state index is 0.262. The van der Waals surface area contributed by atoms with Crippen LogP contribution in [0.4, 0.5) is 0 Å². The number of aromatic amines is 1. The maximum Gasteiger partial charge on any atom is 0.0836 e. The second-order valence-corrected chi connectivity index (χ2v) is 5.00. The summed E-state index contributed by atoms with van der Waals surface area (Å²) in [6.07, 6.45) is 2.60. The molecule has 1 radical (unpaired) electrons. The van der Waals surface area contributed by atoms with Crippen LogP contribution in [0.25, 0.3) is 10.9 Å². The van der Waals surface area contributed by atoms with Gasteiger partial charge >= 0.3 is 0 Å². The predicted molar refractivity (Wildman–Crippen MR) is 79.4 cm³/mol. The summed E-state index contributed by atoms with van der Waals surface area (Å²) in [5, 5.41) is 8.70. The Kier molecular flexibility index (Phi) is 3.26. The highest BCUT2D eigenvalue weighted by atomic mass is 35.5. The first-order valence-electron chi connectivity index (χ1n) is 6.26. The zero-order valence-corrected chi connectivity index (χ0v) is 11.2. The molecule has 0 saturated carbocycles. The Labute approximate surface area is 117 Å². The third kappa shape index (κ3) is 2.24. The van der Waals surface area contributed by atoms with E-state index in [4.69, 9.17) is 11.6 Å². The van der Waals surface area contributed by atoms with E-state index in [9.17, 15) is 0 Å². The molecule has 95 valence electrons. The van der Waals surface area contributed by atoms with Crippen molar-refractivity contribution < 1.29 is 0 Å². The number of halogens is 1. The summed E-state index contributed by atoms with van der Waals surface area (Å²) >= 11 is 6.30. The van der Waals surface area contributed by atoms with Crippen LogP contribution in [0.15, 0.2) is 48.7 Å². The van der Waals surface area contributed by atoms with Crippen LogP contribution in [0, 0.1) is 6.92 Å². The second kappa shape index (κ2) is 5.06. The Balaban J connectivity index is 2.11. The quantitative estimate of drug-likeness (QED) is 0.741. The van der Waals surface area contributed by atoms with Gasteiger partial charge in [0.1, 0.15) is 0 Å². The predicted octanol–water partition coefficient (Wildman–Crippen LogP) is 4.57. The van der Waals surface area contributed by atoms with E-state index in [1.165, 1.54) is 11.1 Å². The molecule has 2 nitrogen and oxygen atoms in total. The molecule has 3 aromatic rings. The molecule has 1 aromatic heterocycles. The normalized spacial score (nSPS) is 12.7. The van der Waals surface area contributed by atoms with Crippen molar-refractivity contribution >= 4 is 22.5 Å². The largest absolute Gasteiger partial charge is 0.276 e. The highest BCUT2D eigenvalue weighted by Crippen LogP contribution is 2.32. The molecule has 3 rings (SSSR count). The van der Waals surface area contributed by atoms with Gasteiger partial charge in [0.25, 0.3) is 0 Å². The number of nitrogens with one attached hydrogen (secondary N) is 1. The van der Waals surface area contributed by atoms with Gasteiger partial charge in [-0.2, -0.15) is 5.10 Å². The van der Waals surface area contributed by atoms with E-state index in [2.05, 4.69) is 47.5 Å². The Hall–Kier alpha value is -1.80. The van der Waals surface area contributed by atoms with E-state index >= 15 is 0 Å². The lowest BCUT2D eigenvalue weighted by Crippen LogP contribution is -1.99. The lowest BCUT2D eigenvalue weighted by Gasteiger charge is -2.16. The number of hydrogen-bond acceptors (Lipinski definition) is 1. The SMILES string of the molecule is [CH2]C[C@H](c1ccccc1)c1cc(Cl)c2[nH]ncc2c1. The van der Waals surface area contributed by atoms with Crippen LogP contribution in [-0.4, -0.2) is 10.2 Å². The number of nitrogens with zero attached hydrogens (tertiary/aromatic N) is 1. The van der Waals surface area contributed by atoms with Crippen molar-refractivity contribution in [3.8, 4) is 0 Å². The molecule has 0 aliphatic heterocycles. The van der Waals surface area contributed by atoms with Crippen LogP contribution in [0.2, 0.25) is 5.02 Å². The fourth-order valence-corrected chi connectivity index (χ4v) is 2.73. The van der Waals surface area contributed by atoms with Crippen LogP contribution >= 0.6 is 11.6 Å². The Morgan fingerprint density at radius 2 is 1.95 bits per heavy atom. The maximum absolute atomic E-state index is 6.30. The van der Waals surface area contributed by atoms with Crippen molar-refractivity contribution in [3.05, 3.63) is 71.7 Å². The minimum Gasteiger partial charge on any atom is -0.276 e. The summed E-state index contributed by atoms with van der Waals surface area (Å²) in [5.74, 6) is 0.262. The molecule has 0 unspecified atom stereocenters. The van der Waals surface area contributed by atoms with Crippen molar-refractivity contribution in [1.29, 1.82) is 0 Å². The molecule has 19 heavy (non-hydrogen) atoms. The first-order valence-corrected chi connectivity index (χ1v) is 6.64. The Morgan fingerprint density at radius 1 is 1.16 bits per heavy atom. The minimum absolute atomic E-state index is 0.262. The van der Waals surface area contributed by atoms with Gasteiger partial charge in [0.2, 0.25) is 0 Å². The van der Waals surface area contributed by atoms with Crippen LogP contribution in [-0.2, 0) is 0 Å². The molecule has 2 aromatic carbocycles. The molecule has 0 spiro atoms. The molecule has 0 saturated heterocycles. The summed E-state index contributed by atoms with van der Waals surface area (Å²) in [6, 6.07) is 14.5. The second-order valence-electron chi connectivity index (χ2n) is 4.59. The van der Waals surface area contributed by atoms with Crippen LogP contribution < -0.4 is 0 Å². The van der Waals surface area contributed by atoms with Crippen LogP contribution in [0.3, 0.4) is 0 Å². The number of rotatable bonds is 3.